The van der Waals surface area contributed by atoms with E-state index in [-0.39, 0.29) is 16.9 Å². The van der Waals surface area contributed by atoms with Gasteiger partial charge in [0, 0.05) is 23.8 Å². The molecule has 0 amide bonds. The van der Waals surface area contributed by atoms with Crippen LogP contribution < -0.4 is 0 Å². The predicted molar refractivity (Wildman–Crippen MR) is 133 cm³/mol. The number of nitrogens with zero attached hydrogens (tertiary/aromatic N) is 1. The fourth-order valence-electron chi connectivity index (χ4n) is 7.93. The van der Waals surface area contributed by atoms with E-state index in [2.05, 4.69) is 45.0 Å². The van der Waals surface area contributed by atoms with E-state index in [4.69, 9.17) is 4.99 Å². The average Bonchev–Trinajstić information content (AvgIpc) is 3.06. The summed E-state index contributed by atoms with van der Waals surface area (Å²) in [7, 11) is 0. The second kappa shape index (κ2) is 7.43. The van der Waals surface area contributed by atoms with Gasteiger partial charge in [0.15, 0.2) is 0 Å². The summed E-state index contributed by atoms with van der Waals surface area (Å²) < 4.78 is 0. The van der Waals surface area contributed by atoms with Crippen molar-refractivity contribution in [1.29, 1.82) is 0 Å². The van der Waals surface area contributed by atoms with Crippen molar-refractivity contribution in [3.63, 3.8) is 0 Å². The number of aliphatic hydroxyl groups excluding tert-OH is 1. The van der Waals surface area contributed by atoms with Crippen LogP contribution in [0.25, 0.3) is 0 Å². The molecule has 0 spiro atoms. The largest absolute Gasteiger partial charge is 0.507 e. The standard InChI is InChI=1S/C30H37NO2/c1-29(2,3)23-11-22(17-31-27-24-7-5-4-6-21(24)12-26(27)32)28(33)25(13-23)30-14-18-8-19(15-30)10-20(9-18)16-30/h4-7,11,13,17-20,26-27,32-33H,8-10,12,14-16H2,1-3H3/t18?,19?,20?,26-,27+,30?/m0/s1. The van der Waals surface area contributed by atoms with Crippen LogP contribution in [-0.4, -0.2) is 22.5 Å². The van der Waals surface area contributed by atoms with Gasteiger partial charge in [-0.25, -0.2) is 0 Å². The van der Waals surface area contributed by atoms with Crippen LogP contribution in [0.4, 0.5) is 0 Å². The molecule has 3 heteroatoms. The van der Waals surface area contributed by atoms with E-state index in [1.165, 1.54) is 55.2 Å². The van der Waals surface area contributed by atoms with Crippen molar-refractivity contribution in [1.82, 2.24) is 0 Å². The maximum atomic E-state index is 11.6. The minimum absolute atomic E-state index is 0.00714. The summed E-state index contributed by atoms with van der Waals surface area (Å²) in [6, 6.07) is 12.4. The number of rotatable bonds is 3. The van der Waals surface area contributed by atoms with Gasteiger partial charge in [0.05, 0.1) is 6.10 Å². The van der Waals surface area contributed by atoms with Gasteiger partial charge in [0.25, 0.3) is 0 Å². The summed E-state index contributed by atoms with van der Waals surface area (Å²) in [6.45, 7) is 6.75. The van der Waals surface area contributed by atoms with E-state index in [9.17, 15) is 10.2 Å². The van der Waals surface area contributed by atoms with Gasteiger partial charge in [-0.2, -0.15) is 0 Å². The van der Waals surface area contributed by atoms with Gasteiger partial charge >= 0.3 is 0 Å². The molecule has 33 heavy (non-hydrogen) atoms. The lowest BCUT2D eigenvalue weighted by atomic mass is 9.47. The topological polar surface area (TPSA) is 52.8 Å². The summed E-state index contributed by atoms with van der Waals surface area (Å²) in [5, 5.41) is 22.3. The Morgan fingerprint density at radius 3 is 2.24 bits per heavy atom. The lowest BCUT2D eigenvalue weighted by Gasteiger charge is -2.57. The zero-order chi connectivity index (χ0) is 23.0. The number of hydrogen-bond donors (Lipinski definition) is 2. The number of benzene rings is 2. The third-order valence-corrected chi connectivity index (χ3v) is 9.16. The second-order valence-electron chi connectivity index (χ2n) is 12.6. The Morgan fingerprint density at radius 1 is 0.970 bits per heavy atom. The average molecular weight is 444 g/mol. The first-order valence-corrected chi connectivity index (χ1v) is 12.9. The molecule has 2 aromatic rings. The summed E-state index contributed by atoms with van der Waals surface area (Å²) in [4.78, 5) is 4.85. The molecule has 4 bridgehead atoms. The fourth-order valence-corrected chi connectivity index (χ4v) is 7.93. The summed E-state index contributed by atoms with van der Waals surface area (Å²) in [6.07, 6.45) is 9.84. The van der Waals surface area contributed by atoms with E-state index < -0.39 is 6.10 Å². The maximum Gasteiger partial charge on any atom is 0.128 e. The van der Waals surface area contributed by atoms with Crippen LogP contribution in [-0.2, 0) is 17.3 Å². The number of fused-ring (bicyclic) bond motifs is 1. The third-order valence-electron chi connectivity index (χ3n) is 9.16. The summed E-state index contributed by atoms with van der Waals surface area (Å²) in [5.41, 5.74) is 5.64. The number of phenolic OH excluding ortho intramolecular Hbond substituents is 1. The zero-order valence-corrected chi connectivity index (χ0v) is 20.2. The molecule has 0 heterocycles. The SMILES string of the molecule is CC(C)(C)c1cc(C=N[C@@H]2c3ccccc3C[C@@H]2O)c(O)c(C23CC4CC(CC(C4)C2)C3)c1. The molecule has 5 aliphatic carbocycles. The fraction of sp³-hybridized carbons (Fsp3) is 0.567. The van der Waals surface area contributed by atoms with Crippen molar-refractivity contribution in [3.8, 4) is 5.75 Å². The van der Waals surface area contributed by atoms with Crippen molar-refractivity contribution in [2.24, 2.45) is 22.7 Å². The predicted octanol–water partition coefficient (Wildman–Crippen LogP) is 6.23. The first kappa shape index (κ1) is 21.4. The Balaban J connectivity index is 1.42. The molecule has 2 aromatic carbocycles. The van der Waals surface area contributed by atoms with Gasteiger partial charge in [-0.1, -0.05) is 51.1 Å². The Labute approximate surface area is 198 Å². The molecule has 4 saturated carbocycles. The van der Waals surface area contributed by atoms with Gasteiger partial charge in [0.2, 0.25) is 0 Å². The van der Waals surface area contributed by atoms with E-state index in [0.29, 0.717) is 12.2 Å². The molecule has 5 aliphatic rings. The quantitative estimate of drug-likeness (QED) is 0.552. The van der Waals surface area contributed by atoms with E-state index >= 15 is 0 Å². The lowest BCUT2D eigenvalue weighted by molar-refractivity contribution is -0.00619. The van der Waals surface area contributed by atoms with Crippen LogP contribution in [0.2, 0.25) is 0 Å². The normalized spacial score (nSPS) is 34.8. The van der Waals surface area contributed by atoms with Crippen LogP contribution in [0.3, 0.4) is 0 Å². The molecule has 2 atom stereocenters. The molecule has 2 N–H and O–H groups in total. The van der Waals surface area contributed by atoms with Crippen molar-refractivity contribution in [3.05, 3.63) is 64.2 Å². The van der Waals surface area contributed by atoms with Gasteiger partial charge in [0.1, 0.15) is 11.8 Å². The monoisotopic (exact) mass is 443 g/mol. The Bertz CT molecular complexity index is 1070. The van der Waals surface area contributed by atoms with Crippen LogP contribution >= 0.6 is 0 Å². The Morgan fingerprint density at radius 2 is 1.61 bits per heavy atom. The van der Waals surface area contributed by atoms with E-state index in [1.54, 1.807) is 0 Å². The number of aromatic hydroxyl groups is 1. The molecule has 0 unspecified atom stereocenters. The molecule has 174 valence electrons. The highest BCUT2D eigenvalue weighted by Crippen LogP contribution is 2.62. The number of phenols is 1. The van der Waals surface area contributed by atoms with Gasteiger partial charge in [-0.15, -0.1) is 0 Å². The van der Waals surface area contributed by atoms with Crippen molar-refractivity contribution >= 4 is 6.21 Å². The molecule has 4 fully saturated rings. The smallest absolute Gasteiger partial charge is 0.128 e. The molecule has 0 aliphatic heterocycles. The van der Waals surface area contributed by atoms with Gasteiger partial charge in [-0.3, -0.25) is 4.99 Å². The van der Waals surface area contributed by atoms with Crippen LogP contribution in [0.15, 0.2) is 41.4 Å². The first-order chi connectivity index (χ1) is 15.7. The Kier molecular flexibility index (Phi) is 4.82. The highest BCUT2D eigenvalue weighted by atomic mass is 16.3. The van der Waals surface area contributed by atoms with Crippen molar-refractivity contribution in [2.45, 2.75) is 88.7 Å². The molecule has 0 radical (unpaired) electrons. The number of hydrogen-bond acceptors (Lipinski definition) is 3. The van der Waals surface area contributed by atoms with E-state index in [0.717, 1.165) is 28.9 Å². The second-order valence-corrected chi connectivity index (χ2v) is 12.6. The summed E-state index contributed by atoms with van der Waals surface area (Å²) >= 11 is 0. The zero-order valence-electron chi connectivity index (χ0n) is 20.2. The molecule has 0 saturated heterocycles. The molecular formula is C30H37NO2. The molecule has 3 nitrogen and oxygen atoms in total. The van der Waals surface area contributed by atoms with Crippen molar-refractivity contribution < 1.29 is 10.2 Å². The highest BCUT2D eigenvalue weighted by Gasteiger charge is 2.52. The van der Waals surface area contributed by atoms with Gasteiger partial charge in [-0.05, 0) is 89.9 Å². The third kappa shape index (κ3) is 3.55. The lowest BCUT2D eigenvalue weighted by Crippen LogP contribution is -2.48. The Hall–Kier alpha value is -2.13. The highest BCUT2D eigenvalue weighted by molar-refractivity contribution is 5.85. The maximum absolute atomic E-state index is 11.6. The molecule has 0 aromatic heterocycles. The molecule has 7 rings (SSSR count). The van der Waals surface area contributed by atoms with Crippen LogP contribution in [0, 0.1) is 17.8 Å². The van der Waals surface area contributed by atoms with E-state index in [1.807, 2.05) is 18.3 Å². The minimum Gasteiger partial charge on any atom is -0.507 e. The van der Waals surface area contributed by atoms with Crippen molar-refractivity contribution in [2.75, 3.05) is 0 Å². The van der Waals surface area contributed by atoms with Crippen LogP contribution in [0.5, 0.6) is 5.75 Å². The summed E-state index contributed by atoms with van der Waals surface area (Å²) in [5.74, 6) is 2.91. The first-order valence-electron chi connectivity index (χ1n) is 12.9. The number of aliphatic hydroxyl groups is 1. The minimum atomic E-state index is -0.505. The van der Waals surface area contributed by atoms with Gasteiger partial charge < -0.3 is 10.2 Å². The van der Waals surface area contributed by atoms with Crippen LogP contribution in [0.1, 0.15) is 93.2 Å². The number of aliphatic imine (C=N–C) groups is 1. The molecular weight excluding hydrogens is 406 g/mol.